The topological polar surface area (TPSA) is 29.5 Å². The molecule has 0 spiro atoms. The Morgan fingerprint density at radius 2 is 1.62 bits per heavy atom. The molecule has 2 aromatic rings. The number of aliphatic hydroxyl groups excluding tert-OH is 1. The molecule has 0 saturated heterocycles. The van der Waals surface area contributed by atoms with E-state index in [1.165, 1.54) is 22.3 Å². The molecule has 0 amide bonds. The lowest BCUT2D eigenvalue weighted by atomic mass is 9.96. The Labute approximate surface area is 126 Å². The number of ether oxygens (including phenoxy) is 1. The summed E-state index contributed by atoms with van der Waals surface area (Å²) in [6.07, 6.45) is 0.193. The van der Waals surface area contributed by atoms with Crippen LogP contribution in [-0.4, -0.2) is 5.11 Å². The normalized spacial score (nSPS) is 15.2. The Morgan fingerprint density at radius 1 is 0.952 bits per heavy atom. The summed E-state index contributed by atoms with van der Waals surface area (Å²) in [5, 5.41) is 10.4. The standard InChI is InChI=1S/C19H22O2/c1-13(2)15-5-3-14(4-6-15)9-19(20)16-7-8-17-11-21-12-18(17)10-16/h3-8,10,13,19-20H,9,11-12H2,1-2H3. The number of hydrogen-bond acceptors (Lipinski definition) is 2. The average Bonchev–Trinajstić information content (AvgIpc) is 2.95. The van der Waals surface area contributed by atoms with Gasteiger partial charge in [-0.15, -0.1) is 0 Å². The maximum atomic E-state index is 10.4. The first-order chi connectivity index (χ1) is 10.1. The summed E-state index contributed by atoms with van der Waals surface area (Å²) in [6, 6.07) is 14.7. The van der Waals surface area contributed by atoms with Crippen LogP contribution in [0.15, 0.2) is 42.5 Å². The lowest BCUT2D eigenvalue weighted by Gasteiger charge is -2.13. The predicted molar refractivity (Wildman–Crippen MR) is 84.1 cm³/mol. The van der Waals surface area contributed by atoms with Gasteiger partial charge in [-0.3, -0.25) is 0 Å². The van der Waals surface area contributed by atoms with Gasteiger partial charge in [0, 0.05) is 6.42 Å². The van der Waals surface area contributed by atoms with Gasteiger partial charge < -0.3 is 9.84 Å². The third kappa shape index (κ3) is 3.17. The van der Waals surface area contributed by atoms with E-state index in [-0.39, 0.29) is 0 Å². The van der Waals surface area contributed by atoms with Crippen molar-refractivity contribution in [2.45, 2.75) is 45.5 Å². The van der Waals surface area contributed by atoms with Gasteiger partial charge in [0.2, 0.25) is 0 Å². The van der Waals surface area contributed by atoms with E-state index in [1.54, 1.807) is 0 Å². The van der Waals surface area contributed by atoms with Crippen LogP contribution in [0.5, 0.6) is 0 Å². The summed E-state index contributed by atoms with van der Waals surface area (Å²) in [6.45, 7) is 5.74. The second-order valence-corrected chi connectivity index (χ2v) is 6.14. The minimum Gasteiger partial charge on any atom is -0.388 e. The van der Waals surface area contributed by atoms with Gasteiger partial charge >= 0.3 is 0 Å². The van der Waals surface area contributed by atoms with E-state index in [4.69, 9.17) is 4.74 Å². The van der Waals surface area contributed by atoms with Gasteiger partial charge in [-0.05, 0) is 33.7 Å². The highest BCUT2D eigenvalue weighted by Crippen LogP contribution is 2.26. The van der Waals surface area contributed by atoms with Crippen molar-refractivity contribution in [1.82, 2.24) is 0 Å². The van der Waals surface area contributed by atoms with Gasteiger partial charge in [-0.25, -0.2) is 0 Å². The van der Waals surface area contributed by atoms with Crippen LogP contribution in [0.2, 0.25) is 0 Å². The van der Waals surface area contributed by atoms with E-state index in [0.29, 0.717) is 25.6 Å². The molecular formula is C19H22O2. The lowest BCUT2D eigenvalue weighted by Crippen LogP contribution is -2.03. The number of aliphatic hydroxyl groups is 1. The monoisotopic (exact) mass is 282 g/mol. The fourth-order valence-electron chi connectivity index (χ4n) is 2.78. The van der Waals surface area contributed by atoms with E-state index < -0.39 is 6.10 Å². The second-order valence-electron chi connectivity index (χ2n) is 6.14. The molecular weight excluding hydrogens is 260 g/mol. The average molecular weight is 282 g/mol. The smallest absolute Gasteiger partial charge is 0.0830 e. The van der Waals surface area contributed by atoms with Gasteiger partial charge in [-0.1, -0.05) is 56.3 Å². The van der Waals surface area contributed by atoms with Crippen LogP contribution in [0.3, 0.4) is 0 Å². The van der Waals surface area contributed by atoms with Crippen LogP contribution in [0.1, 0.15) is 53.7 Å². The van der Waals surface area contributed by atoms with Gasteiger partial charge in [0.25, 0.3) is 0 Å². The molecule has 3 rings (SSSR count). The van der Waals surface area contributed by atoms with Crippen molar-refractivity contribution in [3.05, 3.63) is 70.3 Å². The van der Waals surface area contributed by atoms with Crippen molar-refractivity contribution in [3.8, 4) is 0 Å². The molecule has 2 heteroatoms. The van der Waals surface area contributed by atoms with Gasteiger partial charge in [0.05, 0.1) is 19.3 Å². The predicted octanol–water partition coefficient (Wildman–Crippen LogP) is 4.12. The molecule has 0 radical (unpaired) electrons. The third-order valence-electron chi connectivity index (χ3n) is 4.21. The highest BCUT2D eigenvalue weighted by molar-refractivity contribution is 5.35. The van der Waals surface area contributed by atoms with E-state index in [9.17, 15) is 5.11 Å². The SMILES string of the molecule is CC(C)c1ccc(CC(O)c2ccc3c(c2)COC3)cc1. The lowest BCUT2D eigenvalue weighted by molar-refractivity contribution is 0.134. The van der Waals surface area contributed by atoms with E-state index in [1.807, 2.05) is 6.07 Å². The molecule has 1 unspecified atom stereocenters. The molecule has 0 fully saturated rings. The Kier molecular flexibility index (Phi) is 4.09. The number of benzene rings is 2. The Morgan fingerprint density at radius 3 is 2.33 bits per heavy atom. The minimum atomic E-state index is -0.458. The fourth-order valence-corrected chi connectivity index (χ4v) is 2.78. The third-order valence-corrected chi connectivity index (χ3v) is 4.21. The molecule has 2 aromatic carbocycles. The van der Waals surface area contributed by atoms with E-state index >= 15 is 0 Å². The second kappa shape index (κ2) is 6.00. The zero-order valence-corrected chi connectivity index (χ0v) is 12.7. The molecule has 0 aromatic heterocycles. The van der Waals surface area contributed by atoms with Crippen molar-refractivity contribution in [3.63, 3.8) is 0 Å². The molecule has 21 heavy (non-hydrogen) atoms. The molecule has 0 aliphatic carbocycles. The first-order valence-electron chi connectivity index (χ1n) is 7.60. The van der Waals surface area contributed by atoms with Crippen LogP contribution < -0.4 is 0 Å². The summed E-state index contributed by atoms with van der Waals surface area (Å²) in [7, 11) is 0. The number of hydrogen-bond donors (Lipinski definition) is 1. The minimum absolute atomic E-state index is 0.458. The molecule has 2 nitrogen and oxygen atoms in total. The van der Waals surface area contributed by atoms with Gasteiger partial charge in [0.15, 0.2) is 0 Å². The van der Waals surface area contributed by atoms with E-state index in [2.05, 4.69) is 50.2 Å². The van der Waals surface area contributed by atoms with Crippen LogP contribution in [0.25, 0.3) is 0 Å². The van der Waals surface area contributed by atoms with Crippen molar-refractivity contribution in [2.24, 2.45) is 0 Å². The Bertz CT molecular complexity index is 614. The molecule has 1 aliphatic rings. The molecule has 1 N–H and O–H groups in total. The van der Waals surface area contributed by atoms with Crippen molar-refractivity contribution in [2.75, 3.05) is 0 Å². The van der Waals surface area contributed by atoms with Crippen molar-refractivity contribution < 1.29 is 9.84 Å². The Balaban J connectivity index is 1.72. The van der Waals surface area contributed by atoms with Crippen LogP contribution in [-0.2, 0) is 24.4 Å². The van der Waals surface area contributed by atoms with Gasteiger partial charge in [0.1, 0.15) is 0 Å². The maximum Gasteiger partial charge on any atom is 0.0830 e. The largest absolute Gasteiger partial charge is 0.388 e. The quantitative estimate of drug-likeness (QED) is 0.914. The molecule has 1 aliphatic heterocycles. The fraction of sp³-hybridized carbons (Fsp3) is 0.368. The zero-order valence-electron chi connectivity index (χ0n) is 12.7. The molecule has 110 valence electrons. The van der Waals surface area contributed by atoms with Crippen LogP contribution in [0.4, 0.5) is 0 Å². The summed E-state index contributed by atoms with van der Waals surface area (Å²) in [5.41, 5.74) is 5.94. The number of rotatable bonds is 4. The van der Waals surface area contributed by atoms with Gasteiger partial charge in [-0.2, -0.15) is 0 Å². The first kappa shape index (κ1) is 14.3. The molecule has 0 bridgehead atoms. The molecule has 0 saturated carbocycles. The highest BCUT2D eigenvalue weighted by atomic mass is 16.5. The maximum absolute atomic E-state index is 10.4. The summed E-state index contributed by atoms with van der Waals surface area (Å²) >= 11 is 0. The Hall–Kier alpha value is -1.64. The zero-order chi connectivity index (χ0) is 14.8. The van der Waals surface area contributed by atoms with Crippen LogP contribution >= 0.6 is 0 Å². The molecule has 1 atom stereocenters. The van der Waals surface area contributed by atoms with E-state index in [0.717, 1.165) is 5.56 Å². The first-order valence-corrected chi connectivity index (χ1v) is 7.60. The number of fused-ring (bicyclic) bond motifs is 1. The highest BCUT2D eigenvalue weighted by Gasteiger charge is 2.15. The van der Waals surface area contributed by atoms with Crippen molar-refractivity contribution >= 4 is 0 Å². The summed E-state index contributed by atoms with van der Waals surface area (Å²) < 4.78 is 5.42. The van der Waals surface area contributed by atoms with Crippen molar-refractivity contribution in [1.29, 1.82) is 0 Å². The summed E-state index contributed by atoms with van der Waals surface area (Å²) in [4.78, 5) is 0. The van der Waals surface area contributed by atoms with Crippen LogP contribution in [0, 0.1) is 0 Å². The summed E-state index contributed by atoms with van der Waals surface area (Å²) in [5.74, 6) is 0.542. The molecule has 1 heterocycles.